The Morgan fingerprint density at radius 2 is 2.00 bits per heavy atom. The van der Waals surface area contributed by atoms with Gasteiger partial charge in [0.2, 0.25) is 5.91 Å². The molecule has 0 bridgehead atoms. The molecule has 2 aliphatic heterocycles. The van der Waals surface area contributed by atoms with E-state index in [-0.39, 0.29) is 31.4 Å². The lowest BCUT2D eigenvalue weighted by atomic mass is 10.1. The summed E-state index contributed by atoms with van der Waals surface area (Å²) in [5.74, 6) is -1.34. The highest BCUT2D eigenvalue weighted by Gasteiger charge is 2.36. The lowest BCUT2D eigenvalue weighted by Gasteiger charge is -2.38. The Kier molecular flexibility index (Phi) is 5.34. The summed E-state index contributed by atoms with van der Waals surface area (Å²) in [6.45, 7) is 6.70. The molecule has 0 saturated carbocycles. The van der Waals surface area contributed by atoms with E-state index in [9.17, 15) is 19.5 Å². The largest absolute Gasteiger partial charge is 0.460 e. The van der Waals surface area contributed by atoms with Gasteiger partial charge in [0.15, 0.2) is 0 Å². The third-order valence-corrected chi connectivity index (χ3v) is 4.89. The minimum absolute atomic E-state index is 0.00190. The van der Waals surface area contributed by atoms with Crippen LogP contribution in [0.2, 0.25) is 0 Å². The van der Waals surface area contributed by atoms with Gasteiger partial charge in [0, 0.05) is 37.3 Å². The van der Waals surface area contributed by atoms with Crippen molar-refractivity contribution >= 4 is 23.5 Å². The Morgan fingerprint density at radius 1 is 1.32 bits per heavy atom. The van der Waals surface area contributed by atoms with Crippen LogP contribution >= 0.6 is 0 Å². The van der Waals surface area contributed by atoms with Crippen molar-refractivity contribution in [2.24, 2.45) is 5.73 Å². The Morgan fingerprint density at radius 3 is 2.57 bits per heavy atom. The third-order valence-electron chi connectivity index (χ3n) is 4.89. The van der Waals surface area contributed by atoms with Crippen LogP contribution in [0, 0.1) is 0 Å². The predicted octanol–water partition coefficient (Wildman–Crippen LogP) is 0.799. The molecule has 1 aromatic carbocycles. The number of nitrogens with zero attached hydrogens (tertiary/aromatic N) is 2. The molecule has 1 aromatic rings. The van der Waals surface area contributed by atoms with E-state index in [1.165, 1.54) is 4.90 Å². The van der Waals surface area contributed by atoms with E-state index in [0.717, 1.165) is 11.3 Å². The number of fused-ring (bicyclic) bond motifs is 1. The number of nitrogens with two attached hydrogens (primary N) is 1. The molecule has 0 aliphatic carbocycles. The minimum atomic E-state index is -0.873. The van der Waals surface area contributed by atoms with Crippen LogP contribution in [0.25, 0.3) is 0 Å². The van der Waals surface area contributed by atoms with Crippen molar-refractivity contribution in [3.05, 3.63) is 29.3 Å². The maximum atomic E-state index is 12.8. The summed E-state index contributed by atoms with van der Waals surface area (Å²) in [6.07, 6.45) is -0.199. The van der Waals surface area contributed by atoms with Crippen LogP contribution in [0.15, 0.2) is 18.2 Å². The first-order chi connectivity index (χ1) is 13.0. The van der Waals surface area contributed by atoms with Gasteiger partial charge in [0.25, 0.3) is 5.91 Å². The van der Waals surface area contributed by atoms with Gasteiger partial charge in [0.1, 0.15) is 11.6 Å². The van der Waals surface area contributed by atoms with E-state index in [4.69, 9.17) is 10.5 Å². The summed E-state index contributed by atoms with van der Waals surface area (Å²) in [5.41, 5.74) is 7.20. The van der Waals surface area contributed by atoms with Crippen LogP contribution in [0.5, 0.6) is 0 Å². The summed E-state index contributed by atoms with van der Waals surface area (Å²) in [5, 5.41) is 9.47. The second kappa shape index (κ2) is 7.43. The number of anilines is 1. The molecule has 2 amide bonds. The maximum absolute atomic E-state index is 12.8. The zero-order chi connectivity index (χ0) is 20.6. The van der Waals surface area contributed by atoms with Crippen LogP contribution < -0.4 is 10.6 Å². The van der Waals surface area contributed by atoms with E-state index >= 15 is 0 Å². The van der Waals surface area contributed by atoms with Crippen molar-refractivity contribution in [2.75, 3.05) is 18.0 Å². The molecule has 1 atom stereocenters. The molecule has 28 heavy (non-hydrogen) atoms. The Balaban J connectivity index is 1.69. The number of β-amino-alcohol motifs (C(OH)–C–C–N with tert-alkyl or cyclic N) is 1. The van der Waals surface area contributed by atoms with Crippen molar-refractivity contribution in [3.63, 3.8) is 0 Å². The van der Waals surface area contributed by atoms with Crippen LogP contribution in [0.1, 0.15) is 49.5 Å². The summed E-state index contributed by atoms with van der Waals surface area (Å²) in [4.78, 5) is 40.2. The zero-order valence-electron chi connectivity index (χ0n) is 16.5. The highest BCUT2D eigenvalue weighted by Crippen LogP contribution is 2.31. The first-order valence-corrected chi connectivity index (χ1v) is 9.43. The van der Waals surface area contributed by atoms with Crippen LogP contribution in [-0.2, 0) is 20.9 Å². The number of ether oxygens (including phenoxy) is 1. The SMILES string of the molecule is CC(C)(C)OC(=O)CCC(C(N)=O)N1Cc2cc(N3CC(O)C3)ccc2C1=O. The fourth-order valence-electron chi connectivity index (χ4n) is 3.54. The average Bonchev–Trinajstić information content (AvgIpc) is 2.86. The number of amides is 2. The molecule has 2 heterocycles. The number of aliphatic hydroxyl groups is 1. The van der Waals surface area contributed by atoms with E-state index in [2.05, 4.69) is 0 Å². The predicted molar refractivity (Wildman–Crippen MR) is 103 cm³/mol. The molecule has 0 aromatic heterocycles. The van der Waals surface area contributed by atoms with Gasteiger partial charge < -0.3 is 25.4 Å². The van der Waals surface area contributed by atoms with Crippen molar-refractivity contribution in [3.8, 4) is 0 Å². The van der Waals surface area contributed by atoms with E-state index in [1.54, 1.807) is 26.8 Å². The molecule has 8 nitrogen and oxygen atoms in total. The normalized spacial score (nSPS) is 17.9. The monoisotopic (exact) mass is 389 g/mol. The number of esters is 1. The van der Waals surface area contributed by atoms with Crippen molar-refractivity contribution in [1.29, 1.82) is 0 Å². The number of hydrogen-bond donors (Lipinski definition) is 2. The van der Waals surface area contributed by atoms with Crippen LogP contribution in [0.3, 0.4) is 0 Å². The summed E-state index contributed by atoms with van der Waals surface area (Å²) < 4.78 is 5.27. The van der Waals surface area contributed by atoms with Crippen LogP contribution in [0.4, 0.5) is 5.69 Å². The summed E-state index contributed by atoms with van der Waals surface area (Å²) in [7, 11) is 0. The molecule has 0 radical (unpaired) electrons. The Bertz CT molecular complexity index is 796. The number of carbonyl (C=O) groups is 3. The van der Waals surface area contributed by atoms with Gasteiger partial charge in [-0.3, -0.25) is 14.4 Å². The molecule has 3 rings (SSSR count). The smallest absolute Gasteiger partial charge is 0.306 e. The topological polar surface area (TPSA) is 113 Å². The van der Waals surface area contributed by atoms with Crippen LogP contribution in [-0.4, -0.2) is 58.6 Å². The fraction of sp³-hybridized carbons (Fsp3) is 0.550. The van der Waals surface area contributed by atoms with Gasteiger partial charge in [0.05, 0.1) is 6.10 Å². The second-order valence-electron chi connectivity index (χ2n) is 8.38. The lowest BCUT2D eigenvalue weighted by Crippen LogP contribution is -2.50. The Hall–Kier alpha value is -2.61. The third kappa shape index (κ3) is 4.27. The molecule has 0 spiro atoms. The van der Waals surface area contributed by atoms with Gasteiger partial charge in [-0.15, -0.1) is 0 Å². The first-order valence-electron chi connectivity index (χ1n) is 9.43. The summed E-state index contributed by atoms with van der Waals surface area (Å²) >= 11 is 0. The van der Waals surface area contributed by atoms with Gasteiger partial charge in [-0.2, -0.15) is 0 Å². The van der Waals surface area contributed by atoms with Gasteiger partial charge in [-0.05, 0) is 51.0 Å². The van der Waals surface area contributed by atoms with E-state index < -0.39 is 23.5 Å². The van der Waals surface area contributed by atoms with Crippen molar-refractivity contribution in [1.82, 2.24) is 4.90 Å². The molecule has 1 saturated heterocycles. The highest BCUT2D eigenvalue weighted by atomic mass is 16.6. The number of aliphatic hydroxyl groups excluding tert-OH is 1. The molecule has 2 aliphatic rings. The fourth-order valence-corrected chi connectivity index (χ4v) is 3.54. The molecule has 8 heteroatoms. The zero-order valence-corrected chi connectivity index (χ0v) is 16.5. The number of primary amides is 1. The molecule has 1 fully saturated rings. The van der Waals surface area contributed by atoms with Gasteiger partial charge in [-0.25, -0.2) is 0 Å². The van der Waals surface area contributed by atoms with E-state index in [1.807, 2.05) is 17.0 Å². The Labute approximate surface area is 164 Å². The standard InChI is InChI=1S/C20H27N3O5/c1-20(2,3)28-17(25)7-6-16(18(21)26)23-9-12-8-13(22-10-14(24)11-22)4-5-15(12)19(23)27/h4-5,8,14,16,24H,6-7,9-11H2,1-3H3,(H2,21,26). The van der Waals surface area contributed by atoms with Crippen molar-refractivity contribution in [2.45, 2.75) is 57.9 Å². The number of benzene rings is 1. The molecule has 3 N–H and O–H groups in total. The molecule has 152 valence electrons. The second-order valence-corrected chi connectivity index (χ2v) is 8.38. The van der Waals surface area contributed by atoms with Crippen molar-refractivity contribution < 1.29 is 24.2 Å². The number of carbonyl (C=O) groups excluding carboxylic acids is 3. The summed E-state index contributed by atoms with van der Waals surface area (Å²) in [6, 6.07) is 4.61. The lowest BCUT2D eigenvalue weighted by molar-refractivity contribution is -0.155. The highest BCUT2D eigenvalue weighted by molar-refractivity contribution is 6.01. The number of rotatable bonds is 6. The maximum Gasteiger partial charge on any atom is 0.306 e. The average molecular weight is 389 g/mol. The number of hydrogen-bond acceptors (Lipinski definition) is 6. The molecule has 1 unspecified atom stereocenters. The van der Waals surface area contributed by atoms with Gasteiger partial charge >= 0.3 is 5.97 Å². The van der Waals surface area contributed by atoms with Gasteiger partial charge in [-0.1, -0.05) is 0 Å². The first kappa shape index (κ1) is 20.1. The molecular weight excluding hydrogens is 362 g/mol. The molecular formula is C20H27N3O5. The minimum Gasteiger partial charge on any atom is -0.460 e. The van der Waals surface area contributed by atoms with E-state index in [0.29, 0.717) is 18.7 Å². The quantitative estimate of drug-likeness (QED) is 0.696.